The maximum Gasteiger partial charge on any atom is 0.219 e. The molecule has 1 aliphatic rings. The predicted molar refractivity (Wildman–Crippen MR) is 93.4 cm³/mol. The lowest BCUT2D eigenvalue weighted by atomic mass is 10.0. The molecule has 7 heteroatoms. The van der Waals surface area contributed by atoms with Gasteiger partial charge in [0.2, 0.25) is 10.1 Å². The van der Waals surface area contributed by atoms with E-state index in [1.54, 1.807) is 7.11 Å². The molecule has 0 saturated carbocycles. The van der Waals surface area contributed by atoms with Gasteiger partial charge in [-0.1, -0.05) is 29.5 Å². The van der Waals surface area contributed by atoms with E-state index in [9.17, 15) is 0 Å². The van der Waals surface area contributed by atoms with Crippen LogP contribution in [0, 0.1) is 11.3 Å². The van der Waals surface area contributed by atoms with Crippen molar-refractivity contribution in [1.29, 1.82) is 5.26 Å². The largest absolute Gasteiger partial charge is 0.482 e. The van der Waals surface area contributed by atoms with Crippen LogP contribution in [0.15, 0.2) is 24.3 Å². The van der Waals surface area contributed by atoms with Gasteiger partial charge in [-0.15, -0.1) is 10.2 Å². The van der Waals surface area contributed by atoms with Crippen molar-refractivity contribution in [1.82, 2.24) is 14.8 Å². The molecule has 122 valence electrons. The number of anilines is 1. The summed E-state index contributed by atoms with van der Waals surface area (Å²) in [7, 11) is 3.75. The summed E-state index contributed by atoms with van der Waals surface area (Å²) in [4.78, 5) is 2.25. The molecule has 0 spiro atoms. The van der Waals surface area contributed by atoms with Gasteiger partial charge in [-0.25, -0.2) is 0 Å². The average Bonchev–Trinajstić information content (AvgIpc) is 3.31. The summed E-state index contributed by atoms with van der Waals surface area (Å²) in [6.07, 6.45) is 2.12. The van der Waals surface area contributed by atoms with Crippen LogP contribution in [-0.2, 0) is 7.05 Å². The van der Waals surface area contributed by atoms with Crippen molar-refractivity contribution >= 4 is 27.4 Å². The Morgan fingerprint density at radius 2 is 2.17 bits per heavy atom. The Kier molecular flexibility index (Phi) is 3.62. The zero-order valence-corrected chi connectivity index (χ0v) is 14.4. The standard InChI is InChI=1S/C17H17N5OS/c1-21-12-7-4-3-6-11(12)15(16(21)23-2)13-8-5-9-22(13)17-20-19-14(10-18)24-17/h3-4,6-7,13H,5,8-9H2,1-2H3. The highest BCUT2D eigenvalue weighted by Crippen LogP contribution is 2.45. The first-order valence-corrected chi connectivity index (χ1v) is 8.67. The van der Waals surface area contributed by atoms with Gasteiger partial charge < -0.3 is 14.2 Å². The zero-order valence-electron chi connectivity index (χ0n) is 13.6. The fraction of sp³-hybridized carbons (Fsp3) is 0.353. The van der Waals surface area contributed by atoms with Gasteiger partial charge in [-0.3, -0.25) is 0 Å². The molecule has 0 amide bonds. The number of fused-ring (bicyclic) bond motifs is 1. The molecule has 1 aliphatic heterocycles. The van der Waals surface area contributed by atoms with Gasteiger partial charge in [0, 0.05) is 24.5 Å². The Morgan fingerprint density at radius 1 is 1.33 bits per heavy atom. The van der Waals surface area contributed by atoms with Crippen LogP contribution in [0.4, 0.5) is 5.13 Å². The molecule has 0 bridgehead atoms. The van der Waals surface area contributed by atoms with E-state index >= 15 is 0 Å². The molecule has 0 radical (unpaired) electrons. The number of aryl methyl sites for hydroxylation is 1. The number of benzene rings is 1. The van der Waals surface area contributed by atoms with Gasteiger partial charge in [-0.05, 0) is 18.9 Å². The Labute approximate surface area is 143 Å². The van der Waals surface area contributed by atoms with Crippen molar-refractivity contribution in [2.24, 2.45) is 7.05 Å². The van der Waals surface area contributed by atoms with Gasteiger partial charge in [-0.2, -0.15) is 5.26 Å². The number of hydrogen-bond donors (Lipinski definition) is 0. The molecule has 3 aromatic rings. The average molecular weight is 339 g/mol. The van der Waals surface area contributed by atoms with Crippen LogP contribution in [0.2, 0.25) is 0 Å². The molecule has 24 heavy (non-hydrogen) atoms. The van der Waals surface area contributed by atoms with E-state index in [2.05, 4.69) is 43.9 Å². The van der Waals surface area contributed by atoms with Crippen LogP contribution in [0.25, 0.3) is 10.9 Å². The first-order valence-electron chi connectivity index (χ1n) is 7.86. The van der Waals surface area contributed by atoms with E-state index in [1.807, 2.05) is 13.1 Å². The normalized spacial score (nSPS) is 17.4. The highest BCUT2D eigenvalue weighted by molar-refractivity contribution is 7.15. The highest BCUT2D eigenvalue weighted by atomic mass is 32.1. The topological polar surface area (TPSA) is 67.0 Å². The SMILES string of the molecule is COc1c(C2CCCN2c2nnc(C#N)s2)c2ccccc2n1C. The van der Waals surface area contributed by atoms with Gasteiger partial charge in [0.25, 0.3) is 0 Å². The Morgan fingerprint density at radius 3 is 2.92 bits per heavy atom. The summed E-state index contributed by atoms with van der Waals surface area (Å²) in [6.45, 7) is 0.914. The van der Waals surface area contributed by atoms with Gasteiger partial charge >= 0.3 is 0 Å². The number of aromatic nitrogens is 3. The summed E-state index contributed by atoms with van der Waals surface area (Å²) in [5.74, 6) is 0.887. The number of para-hydroxylation sites is 1. The summed E-state index contributed by atoms with van der Waals surface area (Å²) in [5.41, 5.74) is 2.35. The third-order valence-corrected chi connectivity index (χ3v) is 5.49. The van der Waals surface area contributed by atoms with E-state index in [0.29, 0.717) is 5.01 Å². The van der Waals surface area contributed by atoms with Crippen molar-refractivity contribution in [3.8, 4) is 11.9 Å². The second-order valence-corrected chi connectivity index (χ2v) is 6.81. The summed E-state index contributed by atoms with van der Waals surface area (Å²) in [6, 6.07) is 10.6. The minimum atomic E-state index is 0.186. The summed E-state index contributed by atoms with van der Waals surface area (Å²) < 4.78 is 7.83. The van der Waals surface area contributed by atoms with Crippen LogP contribution in [0.3, 0.4) is 0 Å². The molecular formula is C17H17N5OS. The third kappa shape index (κ3) is 2.14. The Balaban J connectivity index is 1.85. The van der Waals surface area contributed by atoms with Crippen LogP contribution < -0.4 is 9.64 Å². The number of ether oxygens (including phenoxy) is 1. The zero-order chi connectivity index (χ0) is 16.7. The van der Waals surface area contributed by atoms with Crippen LogP contribution in [0.1, 0.15) is 29.5 Å². The van der Waals surface area contributed by atoms with Crippen molar-refractivity contribution in [2.45, 2.75) is 18.9 Å². The van der Waals surface area contributed by atoms with Crippen LogP contribution in [0.5, 0.6) is 5.88 Å². The lowest BCUT2D eigenvalue weighted by Crippen LogP contribution is -2.22. The molecule has 2 aromatic heterocycles. The van der Waals surface area contributed by atoms with Crippen molar-refractivity contribution < 1.29 is 4.74 Å². The van der Waals surface area contributed by atoms with Crippen LogP contribution >= 0.6 is 11.3 Å². The number of methoxy groups -OCH3 is 1. The van der Waals surface area contributed by atoms with E-state index < -0.39 is 0 Å². The molecule has 0 N–H and O–H groups in total. The molecule has 4 rings (SSSR count). The molecule has 6 nitrogen and oxygen atoms in total. The van der Waals surface area contributed by atoms with Gasteiger partial charge in [0.15, 0.2) is 5.88 Å². The monoisotopic (exact) mass is 339 g/mol. The van der Waals surface area contributed by atoms with Crippen molar-refractivity contribution in [2.75, 3.05) is 18.6 Å². The quantitative estimate of drug-likeness (QED) is 0.733. The minimum absolute atomic E-state index is 0.186. The first kappa shape index (κ1) is 15.0. The van der Waals surface area contributed by atoms with Gasteiger partial charge in [0.05, 0.1) is 18.7 Å². The van der Waals surface area contributed by atoms with Crippen molar-refractivity contribution in [3.05, 3.63) is 34.8 Å². The fourth-order valence-corrected chi connectivity index (χ4v) is 4.36. The number of rotatable bonds is 3. The molecule has 1 atom stereocenters. The van der Waals surface area contributed by atoms with Gasteiger partial charge in [0.1, 0.15) is 6.07 Å². The molecule has 1 aromatic carbocycles. The second-order valence-electron chi connectivity index (χ2n) is 5.85. The Hall–Kier alpha value is -2.59. The molecule has 1 unspecified atom stereocenters. The number of hydrogen-bond acceptors (Lipinski definition) is 6. The number of nitrogens with zero attached hydrogens (tertiary/aromatic N) is 5. The lowest BCUT2D eigenvalue weighted by molar-refractivity contribution is 0.376. The molecule has 1 fully saturated rings. The fourth-order valence-electron chi connectivity index (χ4n) is 3.64. The molecule has 0 aliphatic carbocycles. The first-order chi connectivity index (χ1) is 11.7. The predicted octanol–water partition coefficient (Wildman–Crippen LogP) is 3.25. The van der Waals surface area contributed by atoms with E-state index in [0.717, 1.165) is 35.9 Å². The molecule has 1 saturated heterocycles. The summed E-state index contributed by atoms with van der Waals surface area (Å²) >= 11 is 1.35. The molecular weight excluding hydrogens is 322 g/mol. The number of nitriles is 1. The van der Waals surface area contributed by atoms with E-state index in [1.165, 1.54) is 22.3 Å². The van der Waals surface area contributed by atoms with Crippen LogP contribution in [-0.4, -0.2) is 28.4 Å². The third-order valence-electron chi connectivity index (χ3n) is 4.63. The molecule has 3 heterocycles. The Bertz CT molecular complexity index is 938. The highest BCUT2D eigenvalue weighted by Gasteiger charge is 2.34. The van der Waals surface area contributed by atoms with E-state index in [4.69, 9.17) is 10.00 Å². The minimum Gasteiger partial charge on any atom is -0.482 e. The van der Waals surface area contributed by atoms with Crippen molar-refractivity contribution in [3.63, 3.8) is 0 Å². The second kappa shape index (κ2) is 5.80. The summed E-state index contributed by atoms with van der Waals surface area (Å²) in [5, 5.41) is 19.6. The maximum atomic E-state index is 9.02. The lowest BCUT2D eigenvalue weighted by Gasteiger charge is -2.24. The van der Waals surface area contributed by atoms with E-state index in [-0.39, 0.29) is 6.04 Å². The smallest absolute Gasteiger partial charge is 0.219 e. The maximum absolute atomic E-state index is 9.02.